The van der Waals surface area contributed by atoms with Gasteiger partial charge in [-0.1, -0.05) is 13.3 Å². The Morgan fingerprint density at radius 3 is 2.71 bits per heavy atom. The quantitative estimate of drug-likeness (QED) is 0.830. The van der Waals surface area contributed by atoms with Gasteiger partial charge in [-0.15, -0.1) is 10.2 Å². The van der Waals surface area contributed by atoms with Crippen molar-refractivity contribution in [3.63, 3.8) is 0 Å². The summed E-state index contributed by atoms with van der Waals surface area (Å²) in [7, 11) is 1.58. The minimum atomic E-state index is -0.210. The molecule has 0 bridgehead atoms. The molecule has 1 fully saturated rings. The van der Waals surface area contributed by atoms with Gasteiger partial charge < -0.3 is 10.6 Å². The van der Waals surface area contributed by atoms with Crippen molar-refractivity contribution in [1.29, 1.82) is 0 Å². The fraction of sp³-hybridized carbons (Fsp3) is 0.583. The van der Waals surface area contributed by atoms with E-state index in [0.717, 1.165) is 5.82 Å². The number of carbonyl (C=O) groups is 1. The summed E-state index contributed by atoms with van der Waals surface area (Å²) < 4.78 is 0. The van der Waals surface area contributed by atoms with E-state index in [-0.39, 0.29) is 5.91 Å². The van der Waals surface area contributed by atoms with Gasteiger partial charge in [0.25, 0.3) is 5.91 Å². The summed E-state index contributed by atoms with van der Waals surface area (Å²) in [6.45, 7) is 2.25. The van der Waals surface area contributed by atoms with E-state index < -0.39 is 0 Å². The molecule has 1 heterocycles. The predicted octanol–water partition coefficient (Wildman–Crippen LogP) is 1.44. The Morgan fingerprint density at radius 2 is 2.18 bits per heavy atom. The summed E-state index contributed by atoms with van der Waals surface area (Å²) in [5, 5.41) is 13.8. The normalized spacial score (nSPS) is 23.4. The summed E-state index contributed by atoms with van der Waals surface area (Å²) in [4.78, 5) is 11.3. The van der Waals surface area contributed by atoms with Gasteiger partial charge in [0, 0.05) is 13.1 Å². The zero-order valence-corrected chi connectivity index (χ0v) is 10.2. The lowest BCUT2D eigenvalue weighted by Gasteiger charge is -2.17. The SMILES string of the molecule is CNC(=O)c1ccc(NC2CCCC2C)nn1. The molecule has 1 aliphatic carbocycles. The van der Waals surface area contributed by atoms with Crippen LogP contribution in [-0.2, 0) is 0 Å². The molecule has 1 saturated carbocycles. The van der Waals surface area contributed by atoms with E-state index in [0.29, 0.717) is 17.7 Å². The number of hydrogen-bond donors (Lipinski definition) is 2. The molecule has 2 unspecified atom stereocenters. The van der Waals surface area contributed by atoms with Crippen molar-refractivity contribution in [2.75, 3.05) is 12.4 Å². The first-order valence-electron chi connectivity index (χ1n) is 6.03. The van der Waals surface area contributed by atoms with Crippen molar-refractivity contribution in [3.05, 3.63) is 17.8 Å². The summed E-state index contributed by atoms with van der Waals surface area (Å²) in [5.74, 6) is 1.21. The minimum absolute atomic E-state index is 0.210. The molecular formula is C12H18N4O. The van der Waals surface area contributed by atoms with Gasteiger partial charge in [-0.2, -0.15) is 0 Å². The van der Waals surface area contributed by atoms with Crippen LogP contribution in [0.5, 0.6) is 0 Å². The zero-order valence-electron chi connectivity index (χ0n) is 10.2. The largest absolute Gasteiger partial charge is 0.366 e. The molecule has 2 rings (SSSR count). The number of anilines is 1. The standard InChI is InChI=1S/C12H18N4O/c1-8-4-3-5-9(8)14-11-7-6-10(15-16-11)12(17)13-2/h6-9H,3-5H2,1-2H3,(H,13,17)(H,14,16). The number of hydrogen-bond acceptors (Lipinski definition) is 4. The molecule has 1 aliphatic rings. The van der Waals surface area contributed by atoms with Gasteiger partial charge in [0.2, 0.25) is 0 Å². The number of carbonyl (C=O) groups excluding carboxylic acids is 1. The van der Waals surface area contributed by atoms with Crippen molar-refractivity contribution in [3.8, 4) is 0 Å². The molecule has 17 heavy (non-hydrogen) atoms. The van der Waals surface area contributed by atoms with Gasteiger partial charge in [0.1, 0.15) is 5.82 Å². The van der Waals surface area contributed by atoms with Gasteiger partial charge in [-0.05, 0) is 30.9 Å². The molecule has 92 valence electrons. The maximum atomic E-state index is 11.3. The molecule has 0 radical (unpaired) electrons. The fourth-order valence-corrected chi connectivity index (χ4v) is 2.21. The number of amides is 1. The molecule has 1 aromatic rings. The highest BCUT2D eigenvalue weighted by Crippen LogP contribution is 2.27. The lowest BCUT2D eigenvalue weighted by molar-refractivity contribution is 0.0957. The van der Waals surface area contributed by atoms with E-state index in [1.807, 2.05) is 6.07 Å². The van der Waals surface area contributed by atoms with Crippen molar-refractivity contribution in [2.24, 2.45) is 5.92 Å². The molecular weight excluding hydrogens is 216 g/mol. The van der Waals surface area contributed by atoms with Crippen LogP contribution >= 0.6 is 0 Å². The van der Waals surface area contributed by atoms with E-state index in [1.54, 1.807) is 13.1 Å². The molecule has 0 aromatic carbocycles. The Kier molecular flexibility index (Phi) is 3.56. The first-order valence-corrected chi connectivity index (χ1v) is 6.03. The monoisotopic (exact) mass is 234 g/mol. The highest BCUT2D eigenvalue weighted by Gasteiger charge is 2.23. The highest BCUT2D eigenvalue weighted by molar-refractivity contribution is 5.91. The Hall–Kier alpha value is -1.65. The second kappa shape index (κ2) is 5.12. The first kappa shape index (κ1) is 11.8. The van der Waals surface area contributed by atoms with Gasteiger partial charge >= 0.3 is 0 Å². The van der Waals surface area contributed by atoms with Crippen molar-refractivity contribution >= 4 is 11.7 Å². The van der Waals surface area contributed by atoms with Crippen molar-refractivity contribution in [2.45, 2.75) is 32.2 Å². The van der Waals surface area contributed by atoms with E-state index >= 15 is 0 Å². The molecule has 5 nitrogen and oxygen atoms in total. The Morgan fingerprint density at radius 1 is 1.35 bits per heavy atom. The first-order chi connectivity index (χ1) is 8.20. The van der Waals surface area contributed by atoms with Crippen LogP contribution < -0.4 is 10.6 Å². The van der Waals surface area contributed by atoms with E-state index in [1.165, 1.54) is 19.3 Å². The number of aromatic nitrogens is 2. The molecule has 0 aliphatic heterocycles. The average Bonchev–Trinajstić information content (AvgIpc) is 2.75. The van der Waals surface area contributed by atoms with Crippen molar-refractivity contribution in [1.82, 2.24) is 15.5 Å². The molecule has 2 atom stereocenters. The lowest BCUT2D eigenvalue weighted by atomic mass is 10.1. The third-order valence-corrected chi connectivity index (χ3v) is 3.32. The van der Waals surface area contributed by atoms with Gasteiger partial charge in [-0.3, -0.25) is 4.79 Å². The van der Waals surface area contributed by atoms with E-state index in [4.69, 9.17) is 0 Å². The van der Waals surface area contributed by atoms with Crippen LogP contribution in [0.4, 0.5) is 5.82 Å². The third kappa shape index (κ3) is 2.72. The Labute approximate surface area is 101 Å². The predicted molar refractivity (Wildman–Crippen MR) is 65.8 cm³/mol. The third-order valence-electron chi connectivity index (χ3n) is 3.32. The van der Waals surface area contributed by atoms with Crippen LogP contribution in [0.25, 0.3) is 0 Å². The van der Waals surface area contributed by atoms with E-state index in [2.05, 4.69) is 27.8 Å². The van der Waals surface area contributed by atoms with Crippen LogP contribution in [0.2, 0.25) is 0 Å². The maximum absolute atomic E-state index is 11.3. The Bertz CT molecular complexity index is 390. The second-order valence-electron chi connectivity index (χ2n) is 4.54. The summed E-state index contributed by atoms with van der Waals surface area (Å²) >= 11 is 0. The number of rotatable bonds is 3. The number of nitrogens with one attached hydrogen (secondary N) is 2. The van der Waals surface area contributed by atoms with Crippen LogP contribution in [0, 0.1) is 5.92 Å². The zero-order chi connectivity index (χ0) is 12.3. The van der Waals surface area contributed by atoms with Crippen LogP contribution in [-0.4, -0.2) is 29.2 Å². The highest BCUT2D eigenvalue weighted by atomic mass is 16.1. The molecule has 2 N–H and O–H groups in total. The molecule has 0 spiro atoms. The molecule has 0 saturated heterocycles. The smallest absolute Gasteiger partial charge is 0.271 e. The van der Waals surface area contributed by atoms with Gasteiger partial charge in [0.15, 0.2) is 5.69 Å². The fourth-order valence-electron chi connectivity index (χ4n) is 2.21. The average molecular weight is 234 g/mol. The van der Waals surface area contributed by atoms with Crippen LogP contribution in [0.15, 0.2) is 12.1 Å². The molecule has 5 heteroatoms. The lowest BCUT2D eigenvalue weighted by Crippen LogP contribution is -2.23. The topological polar surface area (TPSA) is 66.9 Å². The number of nitrogens with zero attached hydrogens (tertiary/aromatic N) is 2. The molecule has 1 aromatic heterocycles. The summed E-state index contributed by atoms with van der Waals surface area (Å²) in [5.41, 5.74) is 0.345. The summed E-state index contributed by atoms with van der Waals surface area (Å²) in [6.07, 6.45) is 3.71. The van der Waals surface area contributed by atoms with E-state index in [9.17, 15) is 4.79 Å². The van der Waals surface area contributed by atoms with Crippen molar-refractivity contribution < 1.29 is 4.79 Å². The Balaban J connectivity index is 2.00. The summed E-state index contributed by atoms with van der Waals surface area (Å²) in [6, 6.07) is 3.98. The van der Waals surface area contributed by atoms with Crippen LogP contribution in [0.1, 0.15) is 36.7 Å². The minimum Gasteiger partial charge on any atom is -0.366 e. The van der Waals surface area contributed by atoms with Gasteiger partial charge in [-0.25, -0.2) is 0 Å². The van der Waals surface area contributed by atoms with Gasteiger partial charge in [0.05, 0.1) is 0 Å². The molecule has 1 amide bonds. The second-order valence-corrected chi connectivity index (χ2v) is 4.54. The van der Waals surface area contributed by atoms with Crippen LogP contribution in [0.3, 0.4) is 0 Å². The maximum Gasteiger partial charge on any atom is 0.271 e.